The molecule has 71 heavy (non-hydrogen) atoms. The Labute approximate surface area is 426 Å². The van der Waals surface area contributed by atoms with Crippen LogP contribution in [0.5, 0.6) is 0 Å². The fourth-order valence-electron chi connectivity index (χ4n) is 9.47. The van der Waals surface area contributed by atoms with Gasteiger partial charge in [0.25, 0.3) is 0 Å². The van der Waals surface area contributed by atoms with Crippen LogP contribution in [-0.2, 0) is 64.3 Å². The van der Waals surface area contributed by atoms with Gasteiger partial charge in [-0.15, -0.1) is 0 Å². The van der Waals surface area contributed by atoms with Gasteiger partial charge < -0.3 is 43.2 Å². The standard InChI is InChI=1S/C61H85NO9/c1-7-8-9-10-11-12-13-14-15-16-17-30-39-53-55(70-61(5,6)69-53)51(62-59(63)71-60(2,3)4)40-41-52-56(65-43-48-33-24-19-25-34-48)58(67-45-50-37-28-21-29-38-50)57(66-44-49-35-26-20-27-36-49)54(68-52)46-64-42-47-31-22-18-23-32-47/h18-29,31-38,40-41,51-58H,7-17,30,39,42-46H2,1-6H3,(H,62,63)/b41-40+/t51-,52+,53-,54?,55-,56?,57-,58-/m0/s1. The van der Waals surface area contributed by atoms with Crippen molar-refractivity contribution in [2.75, 3.05) is 6.61 Å². The summed E-state index contributed by atoms with van der Waals surface area (Å²) in [4.78, 5) is 13.8. The summed E-state index contributed by atoms with van der Waals surface area (Å²) in [6, 6.07) is 39.9. The molecular weight excluding hydrogens is 891 g/mol. The lowest BCUT2D eigenvalue weighted by Gasteiger charge is -2.45. The minimum Gasteiger partial charge on any atom is -0.444 e. The molecule has 2 fully saturated rings. The number of ether oxygens (including phenoxy) is 8. The Kier molecular flexibility index (Phi) is 23.6. The maximum Gasteiger partial charge on any atom is 0.408 e. The van der Waals surface area contributed by atoms with Crippen molar-refractivity contribution in [1.82, 2.24) is 5.32 Å². The summed E-state index contributed by atoms with van der Waals surface area (Å²) in [5.41, 5.74) is 3.40. The molecule has 1 amide bonds. The molecule has 0 bridgehead atoms. The van der Waals surface area contributed by atoms with E-state index in [2.05, 4.69) is 60.8 Å². The summed E-state index contributed by atoms with van der Waals surface area (Å²) in [5, 5.41) is 3.18. The number of carbonyl (C=O) groups excluding carboxylic acids is 1. The van der Waals surface area contributed by atoms with Crippen molar-refractivity contribution in [3.05, 3.63) is 156 Å². The van der Waals surface area contributed by atoms with Crippen molar-refractivity contribution in [1.29, 1.82) is 0 Å². The SMILES string of the molecule is CCCCCCCCCCCCCC[C@@H]1OC(C)(C)O[C@H]1[C@H](/C=C/[C@H]1OC(COCc2ccccc2)[C@H](OCc2ccccc2)[C@@H](OCc2ccccc2)C1OCc1ccccc1)NC(=O)OC(C)(C)C. The number of unbranched alkanes of at least 4 members (excludes halogenated alkanes) is 11. The van der Waals surface area contributed by atoms with E-state index in [1.807, 2.05) is 120 Å². The molecule has 0 radical (unpaired) electrons. The highest BCUT2D eigenvalue weighted by Crippen LogP contribution is 2.35. The van der Waals surface area contributed by atoms with Crippen LogP contribution in [0.1, 0.15) is 147 Å². The summed E-state index contributed by atoms with van der Waals surface area (Å²) in [7, 11) is 0. The number of rotatable bonds is 30. The highest BCUT2D eigenvalue weighted by molar-refractivity contribution is 5.68. The van der Waals surface area contributed by atoms with Crippen molar-refractivity contribution >= 4 is 6.09 Å². The van der Waals surface area contributed by atoms with Crippen molar-refractivity contribution in [3.8, 4) is 0 Å². The molecule has 0 saturated carbocycles. The van der Waals surface area contributed by atoms with Crippen molar-refractivity contribution in [2.45, 2.75) is 212 Å². The normalized spacial score (nSPS) is 22.6. The maximum absolute atomic E-state index is 13.8. The molecule has 4 aromatic rings. The largest absolute Gasteiger partial charge is 0.444 e. The molecular formula is C61H85NO9. The topological polar surface area (TPSA) is 103 Å². The highest BCUT2D eigenvalue weighted by atomic mass is 16.8. The lowest BCUT2D eigenvalue weighted by Crippen LogP contribution is -2.60. The zero-order valence-corrected chi connectivity index (χ0v) is 43.7. The molecule has 2 aliphatic rings. The van der Waals surface area contributed by atoms with Gasteiger partial charge >= 0.3 is 6.09 Å². The van der Waals surface area contributed by atoms with Gasteiger partial charge in [0.2, 0.25) is 0 Å². The molecule has 0 aromatic heterocycles. The van der Waals surface area contributed by atoms with E-state index in [-0.39, 0.29) is 12.7 Å². The zero-order valence-electron chi connectivity index (χ0n) is 43.7. The van der Waals surface area contributed by atoms with Gasteiger partial charge in [-0.05, 0) is 63.3 Å². The molecule has 388 valence electrons. The van der Waals surface area contributed by atoms with Gasteiger partial charge in [0.15, 0.2) is 5.79 Å². The van der Waals surface area contributed by atoms with Crippen molar-refractivity contribution in [2.24, 2.45) is 0 Å². The molecule has 10 nitrogen and oxygen atoms in total. The monoisotopic (exact) mass is 976 g/mol. The van der Waals surface area contributed by atoms with E-state index < -0.39 is 60.1 Å². The van der Waals surface area contributed by atoms with Crippen LogP contribution in [0.15, 0.2) is 133 Å². The first-order chi connectivity index (χ1) is 34.5. The summed E-state index contributed by atoms with van der Waals surface area (Å²) in [5.74, 6) is -0.863. The van der Waals surface area contributed by atoms with Gasteiger partial charge in [-0.2, -0.15) is 0 Å². The van der Waals surface area contributed by atoms with Crippen LogP contribution in [0.3, 0.4) is 0 Å². The Morgan fingerprint density at radius 2 is 1.04 bits per heavy atom. The van der Waals surface area contributed by atoms with Gasteiger partial charge in [0.1, 0.15) is 42.2 Å². The van der Waals surface area contributed by atoms with Crippen LogP contribution >= 0.6 is 0 Å². The van der Waals surface area contributed by atoms with Gasteiger partial charge in [0.05, 0.1) is 45.2 Å². The van der Waals surface area contributed by atoms with E-state index in [9.17, 15) is 4.79 Å². The molecule has 2 unspecified atom stereocenters. The third-order valence-corrected chi connectivity index (χ3v) is 13.0. The number of carbonyl (C=O) groups is 1. The van der Waals surface area contributed by atoms with Crippen LogP contribution in [-0.4, -0.2) is 72.9 Å². The van der Waals surface area contributed by atoms with Gasteiger partial charge in [-0.25, -0.2) is 4.79 Å². The van der Waals surface area contributed by atoms with Gasteiger partial charge in [-0.3, -0.25) is 0 Å². The Morgan fingerprint density at radius 3 is 1.54 bits per heavy atom. The Morgan fingerprint density at radius 1 is 0.592 bits per heavy atom. The van der Waals surface area contributed by atoms with Crippen LogP contribution < -0.4 is 5.32 Å². The Bertz CT molecular complexity index is 2060. The zero-order chi connectivity index (χ0) is 50.2. The molecule has 0 spiro atoms. The number of hydrogen-bond donors (Lipinski definition) is 1. The van der Waals surface area contributed by atoms with Crippen LogP contribution in [0.4, 0.5) is 4.79 Å². The molecule has 8 atom stereocenters. The number of amides is 1. The summed E-state index contributed by atoms with van der Waals surface area (Å²) >= 11 is 0. The molecule has 1 N–H and O–H groups in total. The molecule has 4 aromatic carbocycles. The third kappa shape index (κ3) is 20.2. The summed E-state index contributed by atoms with van der Waals surface area (Å²) in [6.45, 7) is 13.3. The number of alkyl carbamates (subject to hydrolysis) is 1. The van der Waals surface area contributed by atoms with Crippen LogP contribution in [0.25, 0.3) is 0 Å². The third-order valence-electron chi connectivity index (χ3n) is 13.0. The summed E-state index contributed by atoms with van der Waals surface area (Å²) in [6.07, 6.45) is 15.6. The second-order valence-electron chi connectivity index (χ2n) is 20.8. The molecule has 2 saturated heterocycles. The van der Waals surface area contributed by atoms with Gasteiger partial charge in [-0.1, -0.05) is 217 Å². The predicted octanol–water partition coefficient (Wildman–Crippen LogP) is 13.8. The van der Waals surface area contributed by atoms with Crippen LogP contribution in [0, 0.1) is 0 Å². The number of nitrogens with one attached hydrogen (secondary N) is 1. The number of hydrogen-bond acceptors (Lipinski definition) is 9. The average molecular weight is 976 g/mol. The van der Waals surface area contributed by atoms with Crippen LogP contribution in [0.2, 0.25) is 0 Å². The minimum atomic E-state index is -0.863. The van der Waals surface area contributed by atoms with E-state index in [1.54, 1.807) is 0 Å². The highest BCUT2D eigenvalue weighted by Gasteiger charge is 2.49. The second kappa shape index (κ2) is 30.0. The van der Waals surface area contributed by atoms with Crippen molar-refractivity contribution < 1.29 is 42.7 Å². The molecule has 0 aliphatic carbocycles. The first-order valence-electron chi connectivity index (χ1n) is 26.7. The van der Waals surface area contributed by atoms with E-state index in [1.165, 1.54) is 64.2 Å². The van der Waals surface area contributed by atoms with Crippen molar-refractivity contribution in [3.63, 3.8) is 0 Å². The lowest BCUT2D eigenvalue weighted by atomic mass is 9.92. The molecule has 2 heterocycles. The maximum atomic E-state index is 13.8. The van der Waals surface area contributed by atoms with Gasteiger partial charge in [0, 0.05) is 0 Å². The molecule has 2 aliphatic heterocycles. The fourth-order valence-corrected chi connectivity index (χ4v) is 9.47. The average Bonchev–Trinajstić information content (AvgIpc) is 3.68. The summed E-state index contributed by atoms with van der Waals surface area (Å²) < 4.78 is 53.8. The predicted molar refractivity (Wildman–Crippen MR) is 282 cm³/mol. The quantitative estimate of drug-likeness (QED) is 0.0404. The lowest BCUT2D eigenvalue weighted by molar-refractivity contribution is -0.263. The second-order valence-corrected chi connectivity index (χ2v) is 20.8. The first-order valence-corrected chi connectivity index (χ1v) is 26.7. The molecule has 10 heteroatoms. The minimum absolute atomic E-state index is 0.226. The van der Waals surface area contributed by atoms with E-state index in [0.29, 0.717) is 26.4 Å². The van der Waals surface area contributed by atoms with E-state index in [4.69, 9.17) is 37.9 Å². The first kappa shape index (κ1) is 55.9. The number of benzene rings is 4. The smallest absolute Gasteiger partial charge is 0.408 e. The van der Waals surface area contributed by atoms with E-state index in [0.717, 1.165) is 41.5 Å². The van der Waals surface area contributed by atoms with E-state index >= 15 is 0 Å². The molecule has 6 rings (SSSR count). The Balaban J connectivity index is 1.28. The Hall–Kier alpha value is -4.39. The fraction of sp³-hybridized carbons (Fsp3) is 0.557.